The summed E-state index contributed by atoms with van der Waals surface area (Å²) >= 11 is 0. The second-order valence-corrected chi connectivity index (χ2v) is 7.82. The van der Waals surface area contributed by atoms with Crippen molar-refractivity contribution in [2.75, 3.05) is 7.05 Å². The van der Waals surface area contributed by atoms with E-state index in [1.165, 1.54) is 0 Å². The quantitative estimate of drug-likeness (QED) is 0.368. The largest absolute Gasteiger partial charge is 0.396 e. The molecule has 0 unspecified atom stereocenters. The van der Waals surface area contributed by atoms with Crippen LogP contribution in [0.3, 0.4) is 0 Å². The lowest BCUT2D eigenvalue weighted by atomic mass is 10.0. The van der Waals surface area contributed by atoms with E-state index >= 15 is 0 Å². The van der Waals surface area contributed by atoms with Gasteiger partial charge in [0, 0.05) is 25.0 Å². The SMILES string of the molecule is C=C/C(N)=C(\NC)N[C@@H](C)c1nc2cccc(-c3cnc(C)nc3)c2c(=O)n1-c1ccccc1. The average Bonchev–Trinajstić information content (AvgIpc) is 2.87. The highest BCUT2D eigenvalue weighted by atomic mass is 16.1. The molecule has 0 fully saturated rings. The highest BCUT2D eigenvalue weighted by molar-refractivity contribution is 5.93. The number of nitrogens with one attached hydrogen (secondary N) is 2. The van der Waals surface area contributed by atoms with Crippen LogP contribution in [0.5, 0.6) is 0 Å². The summed E-state index contributed by atoms with van der Waals surface area (Å²) < 4.78 is 1.63. The zero-order valence-electron chi connectivity index (χ0n) is 19.4. The second kappa shape index (κ2) is 9.58. The molecule has 0 aliphatic carbocycles. The molecule has 0 bridgehead atoms. The first-order valence-corrected chi connectivity index (χ1v) is 10.9. The van der Waals surface area contributed by atoms with E-state index in [4.69, 9.17) is 10.7 Å². The Morgan fingerprint density at radius 3 is 2.47 bits per heavy atom. The number of benzene rings is 2. The van der Waals surface area contributed by atoms with Crippen molar-refractivity contribution in [1.29, 1.82) is 0 Å². The molecule has 2 aromatic carbocycles. The summed E-state index contributed by atoms with van der Waals surface area (Å²) in [5.41, 5.74) is 9.14. The predicted molar refractivity (Wildman–Crippen MR) is 135 cm³/mol. The van der Waals surface area contributed by atoms with Crippen LogP contribution in [0.2, 0.25) is 0 Å². The molecule has 0 amide bonds. The fraction of sp³-hybridized carbons (Fsp3) is 0.154. The van der Waals surface area contributed by atoms with E-state index in [0.717, 1.165) is 11.1 Å². The van der Waals surface area contributed by atoms with Crippen LogP contribution in [-0.4, -0.2) is 26.6 Å². The van der Waals surface area contributed by atoms with Gasteiger partial charge in [-0.3, -0.25) is 9.36 Å². The molecule has 172 valence electrons. The normalized spacial score (nSPS) is 12.7. The molecule has 0 aliphatic rings. The Morgan fingerprint density at radius 2 is 1.82 bits per heavy atom. The standard InChI is InChI=1S/C26H27N7O/c1-5-21(27)24(28-4)31-16(2)25-32-22-13-9-12-20(18-14-29-17(3)30-15-18)23(22)26(34)33(25)19-10-7-6-8-11-19/h5-16,28,31H,1,27H2,2-4H3/b24-21-/t16-/m0/s1. The van der Waals surface area contributed by atoms with Gasteiger partial charge in [-0.25, -0.2) is 15.0 Å². The molecule has 4 N–H and O–H groups in total. The van der Waals surface area contributed by atoms with E-state index in [9.17, 15) is 4.79 Å². The number of aromatic nitrogens is 4. The van der Waals surface area contributed by atoms with E-state index in [2.05, 4.69) is 27.2 Å². The van der Waals surface area contributed by atoms with Crippen molar-refractivity contribution < 1.29 is 0 Å². The molecule has 0 spiro atoms. The number of nitrogens with two attached hydrogens (primary N) is 1. The number of fused-ring (bicyclic) bond motifs is 1. The van der Waals surface area contributed by atoms with Crippen LogP contribution in [0.15, 0.2) is 89.9 Å². The third-order valence-corrected chi connectivity index (χ3v) is 5.54. The topological polar surface area (TPSA) is 111 Å². The Morgan fingerprint density at radius 1 is 1.12 bits per heavy atom. The highest BCUT2D eigenvalue weighted by Crippen LogP contribution is 2.27. The lowest BCUT2D eigenvalue weighted by Gasteiger charge is -2.23. The average molecular weight is 454 g/mol. The highest BCUT2D eigenvalue weighted by Gasteiger charge is 2.21. The molecule has 8 nitrogen and oxygen atoms in total. The van der Waals surface area contributed by atoms with Gasteiger partial charge in [0.1, 0.15) is 17.5 Å². The number of aryl methyl sites for hydroxylation is 1. The van der Waals surface area contributed by atoms with E-state index in [1.54, 1.807) is 30.1 Å². The Balaban J connectivity index is 1.99. The minimum Gasteiger partial charge on any atom is -0.396 e. The summed E-state index contributed by atoms with van der Waals surface area (Å²) in [6, 6.07) is 14.7. The van der Waals surface area contributed by atoms with Crippen LogP contribution < -0.4 is 21.9 Å². The van der Waals surface area contributed by atoms with Crippen molar-refractivity contribution in [2.24, 2.45) is 5.73 Å². The maximum absolute atomic E-state index is 14.0. The van der Waals surface area contributed by atoms with E-state index in [-0.39, 0.29) is 11.6 Å². The fourth-order valence-electron chi connectivity index (χ4n) is 3.82. The van der Waals surface area contributed by atoms with Gasteiger partial charge in [0.05, 0.1) is 28.3 Å². The molecule has 8 heteroatoms. The lowest BCUT2D eigenvalue weighted by Crippen LogP contribution is -2.34. The van der Waals surface area contributed by atoms with Crippen LogP contribution in [0.1, 0.15) is 24.6 Å². The molecule has 34 heavy (non-hydrogen) atoms. The maximum atomic E-state index is 14.0. The van der Waals surface area contributed by atoms with Gasteiger partial charge in [0.2, 0.25) is 0 Å². The molecule has 0 saturated carbocycles. The number of para-hydroxylation sites is 1. The maximum Gasteiger partial charge on any atom is 0.266 e. The molecule has 0 aliphatic heterocycles. The zero-order valence-corrected chi connectivity index (χ0v) is 19.4. The van der Waals surface area contributed by atoms with Gasteiger partial charge in [0.15, 0.2) is 0 Å². The summed E-state index contributed by atoms with van der Waals surface area (Å²) in [6.07, 6.45) is 5.01. The van der Waals surface area contributed by atoms with Crippen molar-refractivity contribution in [3.05, 3.63) is 107 Å². The van der Waals surface area contributed by atoms with Crippen molar-refractivity contribution in [2.45, 2.75) is 19.9 Å². The van der Waals surface area contributed by atoms with Gasteiger partial charge in [-0.05, 0) is 43.7 Å². The second-order valence-electron chi connectivity index (χ2n) is 7.82. The smallest absolute Gasteiger partial charge is 0.266 e. The molecular formula is C26H27N7O. The van der Waals surface area contributed by atoms with Gasteiger partial charge >= 0.3 is 0 Å². The number of nitrogens with zero attached hydrogens (tertiary/aromatic N) is 4. The first-order valence-electron chi connectivity index (χ1n) is 10.9. The molecular weight excluding hydrogens is 426 g/mol. The number of allylic oxidation sites excluding steroid dienone is 1. The van der Waals surface area contributed by atoms with Crippen LogP contribution in [0.4, 0.5) is 0 Å². The van der Waals surface area contributed by atoms with Crippen LogP contribution in [0, 0.1) is 6.92 Å². The molecule has 4 rings (SSSR count). The predicted octanol–water partition coefficient (Wildman–Crippen LogP) is 3.33. The molecule has 1 atom stereocenters. The zero-order chi connectivity index (χ0) is 24.2. The van der Waals surface area contributed by atoms with Gasteiger partial charge < -0.3 is 16.4 Å². The summed E-state index contributed by atoms with van der Waals surface area (Å²) in [4.78, 5) is 27.6. The van der Waals surface area contributed by atoms with Crippen molar-refractivity contribution in [3.63, 3.8) is 0 Å². The molecule has 0 radical (unpaired) electrons. The number of hydrogen-bond acceptors (Lipinski definition) is 7. The Hall–Kier alpha value is -4.46. The molecule has 0 saturated heterocycles. The van der Waals surface area contributed by atoms with Gasteiger partial charge in [-0.15, -0.1) is 0 Å². The summed E-state index contributed by atoms with van der Waals surface area (Å²) in [5.74, 6) is 1.81. The van der Waals surface area contributed by atoms with Gasteiger partial charge in [-0.1, -0.05) is 36.9 Å². The fourth-order valence-corrected chi connectivity index (χ4v) is 3.82. The monoisotopic (exact) mass is 453 g/mol. The Labute approximate surface area is 197 Å². The van der Waals surface area contributed by atoms with Crippen LogP contribution in [-0.2, 0) is 0 Å². The van der Waals surface area contributed by atoms with Crippen LogP contribution >= 0.6 is 0 Å². The lowest BCUT2D eigenvalue weighted by molar-refractivity contribution is 0.565. The van der Waals surface area contributed by atoms with Crippen molar-refractivity contribution in [1.82, 2.24) is 30.2 Å². The van der Waals surface area contributed by atoms with Gasteiger partial charge in [-0.2, -0.15) is 0 Å². The molecule has 4 aromatic rings. The summed E-state index contributed by atoms with van der Waals surface area (Å²) in [7, 11) is 1.76. The first kappa shape index (κ1) is 22.7. The minimum absolute atomic E-state index is 0.178. The molecule has 2 heterocycles. The van der Waals surface area contributed by atoms with Crippen LogP contribution in [0.25, 0.3) is 27.7 Å². The van der Waals surface area contributed by atoms with Crippen molar-refractivity contribution in [3.8, 4) is 16.8 Å². The Bertz CT molecular complexity index is 1420. The van der Waals surface area contributed by atoms with Gasteiger partial charge in [0.25, 0.3) is 5.56 Å². The third kappa shape index (κ3) is 4.25. The number of rotatable bonds is 7. The van der Waals surface area contributed by atoms with E-state index in [1.807, 2.05) is 62.4 Å². The third-order valence-electron chi connectivity index (χ3n) is 5.54. The first-order chi connectivity index (χ1) is 16.4. The molecule has 2 aromatic heterocycles. The number of hydrogen-bond donors (Lipinski definition) is 3. The summed E-state index contributed by atoms with van der Waals surface area (Å²) in [5, 5.41) is 6.87. The van der Waals surface area contributed by atoms with Crippen molar-refractivity contribution >= 4 is 10.9 Å². The van der Waals surface area contributed by atoms with E-state index < -0.39 is 0 Å². The Kier molecular flexibility index (Phi) is 6.40. The van der Waals surface area contributed by atoms with E-state index in [0.29, 0.717) is 39.8 Å². The minimum atomic E-state index is -0.357. The summed E-state index contributed by atoms with van der Waals surface area (Å²) in [6.45, 7) is 7.48.